The van der Waals surface area contributed by atoms with Crippen LogP contribution in [0.2, 0.25) is 5.02 Å². The molecule has 1 aromatic carbocycles. The second-order valence-corrected chi connectivity index (χ2v) is 8.35. The molecule has 0 aliphatic rings. The number of rotatable bonds is 8. The van der Waals surface area contributed by atoms with E-state index in [0.29, 0.717) is 22.0 Å². The lowest BCUT2D eigenvalue weighted by Crippen LogP contribution is -2.37. The van der Waals surface area contributed by atoms with E-state index in [1.165, 1.54) is 48.4 Å². The van der Waals surface area contributed by atoms with E-state index in [9.17, 15) is 27.9 Å². The van der Waals surface area contributed by atoms with Crippen molar-refractivity contribution in [3.8, 4) is 17.2 Å². The molecular weight excluding hydrogens is 503 g/mol. The molecule has 0 radical (unpaired) electrons. The van der Waals surface area contributed by atoms with Gasteiger partial charge in [-0.2, -0.15) is 13.2 Å². The molecule has 14 heteroatoms. The smallest absolute Gasteiger partial charge is 0.382 e. The third kappa shape index (κ3) is 5.52. The van der Waals surface area contributed by atoms with Crippen LogP contribution >= 0.6 is 11.6 Å². The monoisotopic (exact) mass is 521 g/mol. The molecule has 0 aliphatic carbocycles. The molecule has 0 fully saturated rings. The third-order valence-electron chi connectivity index (χ3n) is 5.11. The van der Waals surface area contributed by atoms with Crippen molar-refractivity contribution in [3.05, 3.63) is 75.8 Å². The van der Waals surface area contributed by atoms with Crippen LogP contribution in [0, 0.1) is 0 Å². The largest absolute Gasteiger partial charge is 0.416 e. The first kappa shape index (κ1) is 25.3. The normalized spacial score (nSPS) is 12.6. The minimum absolute atomic E-state index is 0.0718. The molecule has 4 aromatic rings. The van der Waals surface area contributed by atoms with Crippen LogP contribution < -0.4 is 5.69 Å². The predicted molar refractivity (Wildman–Crippen MR) is 122 cm³/mol. The van der Waals surface area contributed by atoms with Gasteiger partial charge < -0.3 is 5.11 Å². The highest BCUT2D eigenvalue weighted by Crippen LogP contribution is 2.24. The maximum Gasteiger partial charge on any atom is 0.416 e. The van der Waals surface area contributed by atoms with Gasteiger partial charge in [0.2, 0.25) is 0 Å². The Kier molecular flexibility index (Phi) is 7.04. The van der Waals surface area contributed by atoms with Crippen molar-refractivity contribution in [1.82, 2.24) is 34.1 Å². The first-order chi connectivity index (χ1) is 17.0. The number of benzene rings is 1. The summed E-state index contributed by atoms with van der Waals surface area (Å²) >= 11 is 5.89. The van der Waals surface area contributed by atoms with E-state index >= 15 is 0 Å². The first-order valence-corrected chi connectivity index (χ1v) is 10.9. The van der Waals surface area contributed by atoms with E-state index in [0.717, 1.165) is 9.25 Å². The molecule has 0 spiro atoms. The van der Waals surface area contributed by atoms with E-state index < -0.39 is 24.5 Å². The zero-order chi connectivity index (χ0) is 26.0. The molecule has 0 bridgehead atoms. The summed E-state index contributed by atoms with van der Waals surface area (Å²) in [5.41, 5.74) is 0.0502. The standard InChI is InChI=1S/C22H19ClF3N7O3/c1-13(34)9-15-3-2-8-27-19(15)33-12-28-18(29-33)11-32-21(36)31(10-17(35)22(24,25)26)20(30-32)14-4-6-16(23)7-5-14/h2-8,12,17,35H,9-11H2,1H3/t17-/m0/s1. The van der Waals surface area contributed by atoms with Crippen molar-refractivity contribution in [2.45, 2.75) is 38.7 Å². The number of carbonyl (C=O) groups excluding carboxylic acids is 1. The van der Waals surface area contributed by atoms with Gasteiger partial charge in [-0.3, -0.25) is 9.36 Å². The number of ketones is 1. The molecule has 4 rings (SSSR count). The van der Waals surface area contributed by atoms with E-state index in [-0.39, 0.29) is 30.4 Å². The Hall–Kier alpha value is -3.84. The fraction of sp³-hybridized carbons (Fsp3) is 0.273. The average molecular weight is 522 g/mol. The number of aliphatic hydroxyl groups is 1. The Balaban J connectivity index is 1.69. The maximum absolute atomic E-state index is 13.0. The summed E-state index contributed by atoms with van der Waals surface area (Å²) in [6.07, 6.45) is -4.71. The number of Topliss-reactive ketones (excluding diaryl/α,β-unsaturated/α-hetero) is 1. The minimum Gasteiger partial charge on any atom is -0.382 e. The number of hydrogen-bond donors (Lipinski definition) is 1. The highest BCUT2D eigenvalue weighted by Gasteiger charge is 2.39. The van der Waals surface area contributed by atoms with Crippen molar-refractivity contribution >= 4 is 17.4 Å². The number of aromatic nitrogens is 7. The van der Waals surface area contributed by atoms with E-state index in [1.807, 2.05) is 0 Å². The maximum atomic E-state index is 13.0. The summed E-state index contributed by atoms with van der Waals surface area (Å²) in [6.45, 7) is 0.126. The third-order valence-corrected chi connectivity index (χ3v) is 5.36. The Morgan fingerprint density at radius 3 is 2.53 bits per heavy atom. The summed E-state index contributed by atoms with van der Waals surface area (Å²) in [5, 5.41) is 18.4. The lowest BCUT2D eigenvalue weighted by molar-refractivity contribution is -0.207. The molecule has 0 aliphatic heterocycles. The number of alkyl halides is 3. The van der Waals surface area contributed by atoms with Gasteiger partial charge in [-0.15, -0.1) is 10.2 Å². The Morgan fingerprint density at radius 2 is 1.86 bits per heavy atom. The van der Waals surface area contributed by atoms with Crippen molar-refractivity contribution < 1.29 is 23.1 Å². The minimum atomic E-state index is -4.93. The van der Waals surface area contributed by atoms with Gasteiger partial charge in [0, 0.05) is 28.8 Å². The fourth-order valence-electron chi connectivity index (χ4n) is 3.45. The van der Waals surface area contributed by atoms with Crippen molar-refractivity contribution in [2.75, 3.05) is 0 Å². The van der Waals surface area contributed by atoms with Gasteiger partial charge >= 0.3 is 11.9 Å². The summed E-state index contributed by atoms with van der Waals surface area (Å²) < 4.78 is 42.0. The van der Waals surface area contributed by atoms with Crippen LogP contribution in [0.3, 0.4) is 0 Å². The molecule has 3 aromatic heterocycles. The van der Waals surface area contributed by atoms with Crippen LogP contribution in [-0.2, 0) is 24.3 Å². The van der Waals surface area contributed by atoms with Crippen LogP contribution in [-0.4, -0.2) is 57.3 Å². The SMILES string of the molecule is CC(=O)Cc1cccnc1-n1cnc(Cn2nc(-c3ccc(Cl)cc3)n(C[C@H](O)C(F)(F)F)c2=O)n1. The van der Waals surface area contributed by atoms with Crippen molar-refractivity contribution in [2.24, 2.45) is 0 Å². The summed E-state index contributed by atoms with van der Waals surface area (Å²) in [6, 6.07) is 9.39. The molecule has 3 heterocycles. The number of hydrogen-bond acceptors (Lipinski definition) is 7. The molecule has 188 valence electrons. The highest BCUT2D eigenvalue weighted by atomic mass is 35.5. The predicted octanol–water partition coefficient (Wildman–Crippen LogP) is 2.44. The van der Waals surface area contributed by atoms with E-state index in [1.54, 1.807) is 12.1 Å². The molecule has 1 atom stereocenters. The quantitative estimate of drug-likeness (QED) is 0.378. The van der Waals surface area contributed by atoms with Crippen molar-refractivity contribution in [1.29, 1.82) is 0 Å². The topological polar surface area (TPSA) is 121 Å². The summed E-state index contributed by atoms with van der Waals surface area (Å²) in [7, 11) is 0. The molecule has 1 N–H and O–H groups in total. The molecule has 10 nitrogen and oxygen atoms in total. The number of aliphatic hydroxyl groups excluding tert-OH is 1. The van der Waals surface area contributed by atoms with Gasteiger partial charge in [-0.25, -0.2) is 24.1 Å². The van der Waals surface area contributed by atoms with Gasteiger partial charge in [-0.05, 0) is 37.3 Å². The number of pyridine rings is 1. The molecule has 0 unspecified atom stereocenters. The number of nitrogens with zero attached hydrogens (tertiary/aromatic N) is 7. The van der Waals surface area contributed by atoms with Gasteiger partial charge in [0.25, 0.3) is 0 Å². The zero-order valence-corrected chi connectivity index (χ0v) is 19.5. The fourth-order valence-corrected chi connectivity index (χ4v) is 3.57. The molecular formula is C22H19ClF3N7O3. The molecule has 0 saturated carbocycles. The first-order valence-electron chi connectivity index (χ1n) is 10.6. The lowest BCUT2D eigenvalue weighted by atomic mass is 10.1. The zero-order valence-electron chi connectivity index (χ0n) is 18.7. The van der Waals surface area contributed by atoms with Crippen LogP contribution in [0.4, 0.5) is 13.2 Å². The second-order valence-electron chi connectivity index (χ2n) is 7.91. The average Bonchev–Trinajstić information content (AvgIpc) is 3.39. The highest BCUT2D eigenvalue weighted by molar-refractivity contribution is 6.30. The van der Waals surface area contributed by atoms with Gasteiger partial charge in [-0.1, -0.05) is 17.7 Å². The van der Waals surface area contributed by atoms with Crippen molar-refractivity contribution in [3.63, 3.8) is 0 Å². The van der Waals surface area contributed by atoms with Crippen LogP contribution in [0.25, 0.3) is 17.2 Å². The lowest BCUT2D eigenvalue weighted by Gasteiger charge is -2.15. The van der Waals surface area contributed by atoms with Crippen LogP contribution in [0.15, 0.2) is 53.7 Å². The Labute approximate surface area is 206 Å². The second kappa shape index (κ2) is 10.0. The van der Waals surface area contributed by atoms with Crippen LogP contribution in [0.5, 0.6) is 0 Å². The molecule has 0 amide bonds. The van der Waals surface area contributed by atoms with Gasteiger partial charge in [0.05, 0.1) is 6.54 Å². The number of carbonyl (C=O) groups is 1. The van der Waals surface area contributed by atoms with Crippen LogP contribution in [0.1, 0.15) is 18.3 Å². The summed E-state index contributed by atoms with van der Waals surface area (Å²) in [4.78, 5) is 32.9. The Bertz CT molecular complexity index is 1440. The summed E-state index contributed by atoms with van der Waals surface area (Å²) in [5.74, 6) is 0.338. The van der Waals surface area contributed by atoms with E-state index in [2.05, 4.69) is 20.2 Å². The van der Waals surface area contributed by atoms with Gasteiger partial charge in [0.1, 0.15) is 18.7 Å². The molecule has 0 saturated heterocycles. The molecule has 36 heavy (non-hydrogen) atoms. The Morgan fingerprint density at radius 1 is 1.14 bits per heavy atom. The van der Waals surface area contributed by atoms with Gasteiger partial charge in [0.15, 0.2) is 23.6 Å². The number of halogens is 4. The van der Waals surface area contributed by atoms with E-state index in [4.69, 9.17) is 11.6 Å².